The lowest BCUT2D eigenvalue weighted by atomic mass is 10.1. The first-order valence-electron chi connectivity index (χ1n) is 7.58. The smallest absolute Gasteiger partial charge is 0.198 e. The van der Waals surface area contributed by atoms with E-state index in [1.54, 1.807) is 12.1 Å². The van der Waals surface area contributed by atoms with Crippen molar-refractivity contribution in [3.8, 4) is 5.88 Å². The maximum atomic E-state index is 14.0. The van der Waals surface area contributed by atoms with Crippen LogP contribution in [-0.2, 0) is 0 Å². The molecule has 0 aliphatic rings. The third-order valence-corrected chi connectivity index (χ3v) is 3.77. The Balaban J connectivity index is 1.91. The summed E-state index contributed by atoms with van der Waals surface area (Å²) in [5.74, 6) is -0.415. The van der Waals surface area contributed by atoms with Gasteiger partial charge in [0, 0.05) is 29.7 Å². The summed E-state index contributed by atoms with van der Waals surface area (Å²) in [5.41, 5.74) is 3.16. The molecule has 2 aromatic carbocycles. The van der Waals surface area contributed by atoms with Gasteiger partial charge in [0.2, 0.25) is 0 Å². The van der Waals surface area contributed by atoms with E-state index in [0.29, 0.717) is 16.9 Å². The molecule has 6 heteroatoms. The number of anilines is 1. The number of halogens is 1. The molecular weight excluding hydrogens is 309 g/mol. The molecule has 0 amide bonds. The van der Waals surface area contributed by atoms with Gasteiger partial charge in [-0.1, -0.05) is 12.1 Å². The lowest BCUT2D eigenvalue weighted by molar-refractivity contribution is 0.311. The van der Waals surface area contributed by atoms with Crippen LogP contribution in [0.1, 0.15) is 11.1 Å². The molecule has 0 radical (unpaired) electrons. The third-order valence-electron chi connectivity index (χ3n) is 3.77. The fourth-order valence-electron chi connectivity index (χ4n) is 2.63. The molecule has 24 heavy (non-hydrogen) atoms. The molecule has 4 N–H and O–H groups in total. The van der Waals surface area contributed by atoms with Crippen molar-refractivity contribution in [1.82, 2.24) is 4.98 Å². The number of hydrogen-bond acceptors (Lipinski definition) is 4. The number of aliphatic hydroxyl groups is 1. The van der Waals surface area contributed by atoms with Crippen LogP contribution in [0.4, 0.5) is 15.8 Å². The van der Waals surface area contributed by atoms with Crippen LogP contribution in [-0.4, -0.2) is 34.6 Å². The van der Waals surface area contributed by atoms with Crippen molar-refractivity contribution < 1.29 is 14.6 Å². The molecule has 0 unspecified atom stereocenters. The van der Waals surface area contributed by atoms with Gasteiger partial charge in [-0.05, 0) is 30.7 Å². The van der Waals surface area contributed by atoms with Gasteiger partial charge < -0.3 is 20.5 Å². The van der Waals surface area contributed by atoms with E-state index in [1.165, 1.54) is 12.3 Å². The lowest BCUT2D eigenvalue weighted by Crippen LogP contribution is -2.06. The zero-order chi connectivity index (χ0) is 17.1. The summed E-state index contributed by atoms with van der Waals surface area (Å²) in [6, 6.07) is 10.3. The maximum absolute atomic E-state index is 14.0. The number of fused-ring (bicyclic) bond motifs is 1. The van der Waals surface area contributed by atoms with E-state index in [2.05, 4.69) is 15.3 Å². The zero-order valence-electron chi connectivity index (χ0n) is 13.2. The van der Waals surface area contributed by atoms with Gasteiger partial charge in [0.15, 0.2) is 5.88 Å². The minimum atomic E-state index is -0.447. The van der Waals surface area contributed by atoms with Crippen molar-refractivity contribution >= 4 is 28.5 Å². The summed E-state index contributed by atoms with van der Waals surface area (Å²) < 4.78 is 14.0. The molecule has 3 aromatic rings. The van der Waals surface area contributed by atoms with Crippen molar-refractivity contribution in [2.45, 2.75) is 6.92 Å². The second-order valence-electron chi connectivity index (χ2n) is 5.46. The van der Waals surface area contributed by atoms with Gasteiger partial charge >= 0.3 is 0 Å². The van der Waals surface area contributed by atoms with E-state index >= 15 is 0 Å². The van der Waals surface area contributed by atoms with Crippen LogP contribution in [0.15, 0.2) is 41.4 Å². The van der Waals surface area contributed by atoms with E-state index in [-0.39, 0.29) is 19.0 Å². The number of hydrogen-bond donors (Lipinski definition) is 4. The van der Waals surface area contributed by atoms with Gasteiger partial charge in [0.05, 0.1) is 23.5 Å². The topological polar surface area (TPSA) is 80.6 Å². The second kappa shape index (κ2) is 6.72. The number of rotatable bonds is 5. The summed E-state index contributed by atoms with van der Waals surface area (Å²) in [6.07, 6.45) is 1.52. The Labute approximate surface area is 138 Å². The van der Waals surface area contributed by atoms with Crippen molar-refractivity contribution in [1.29, 1.82) is 0 Å². The first-order chi connectivity index (χ1) is 11.6. The first kappa shape index (κ1) is 16.0. The van der Waals surface area contributed by atoms with Crippen LogP contribution in [0.3, 0.4) is 0 Å². The van der Waals surface area contributed by atoms with Crippen LogP contribution in [0.25, 0.3) is 10.9 Å². The monoisotopic (exact) mass is 327 g/mol. The molecule has 1 aromatic heterocycles. The number of aryl methyl sites for hydroxylation is 1. The van der Waals surface area contributed by atoms with E-state index in [1.807, 2.05) is 25.1 Å². The average Bonchev–Trinajstić information content (AvgIpc) is 2.89. The van der Waals surface area contributed by atoms with E-state index in [4.69, 9.17) is 5.11 Å². The van der Waals surface area contributed by atoms with Crippen LogP contribution in [0.5, 0.6) is 5.88 Å². The van der Waals surface area contributed by atoms with Gasteiger partial charge in [-0.2, -0.15) is 0 Å². The fraction of sp³-hybridized carbons (Fsp3) is 0.167. The molecule has 0 saturated carbocycles. The van der Waals surface area contributed by atoms with Crippen molar-refractivity contribution in [3.63, 3.8) is 0 Å². The SMILES string of the molecule is Cc1cccc2[nH]c(O)c(C=Nc3ccc(NCCO)c(F)c3)c12. The van der Waals surface area contributed by atoms with Crippen LogP contribution < -0.4 is 5.32 Å². The van der Waals surface area contributed by atoms with Gasteiger partial charge in [0.25, 0.3) is 0 Å². The number of aliphatic imine (C=N–C) groups is 1. The second-order valence-corrected chi connectivity index (χ2v) is 5.46. The molecule has 0 aliphatic heterocycles. The maximum Gasteiger partial charge on any atom is 0.198 e. The molecular formula is C18H18FN3O2. The summed E-state index contributed by atoms with van der Waals surface area (Å²) in [5, 5.41) is 22.5. The summed E-state index contributed by atoms with van der Waals surface area (Å²) >= 11 is 0. The number of benzene rings is 2. The van der Waals surface area contributed by atoms with Crippen molar-refractivity contribution in [2.75, 3.05) is 18.5 Å². The normalized spacial score (nSPS) is 11.5. The number of nitrogens with zero attached hydrogens (tertiary/aromatic N) is 1. The fourth-order valence-corrected chi connectivity index (χ4v) is 2.63. The molecule has 0 bridgehead atoms. The largest absolute Gasteiger partial charge is 0.494 e. The molecule has 3 rings (SSSR count). The summed E-state index contributed by atoms with van der Waals surface area (Å²) in [4.78, 5) is 7.17. The Morgan fingerprint density at radius 2 is 2.12 bits per heavy atom. The predicted molar refractivity (Wildman–Crippen MR) is 93.9 cm³/mol. The quantitative estimate of drug-likeness (QED) is 0.542. The Morgan fingerprint density at radius 1 is 1.29 bits per heavy atom. The molecule has 124 valence electrons. The zero-order valence-corrected chi connectivity index (χ0v) is 13.2. The lowest BCUT2D eigenvalue weighted by Gasteiger charge is -2.06. The van der Waals surface area contributed by atoms with Crippen molar-refractivity contribution in [2.24, 2.45) is 4.99 Å². The van der Waals surface area contributed by atoms with E-state index in [9.17, 15) is 9.50 Å². The molecule has 0 atom stereocenters. The van der Waals surface area contributed by atoms with E-state index in [0.717, 1.165) is 16.5 Å². The molecule has 0 aliphatic carbocycles. The van der Waals surface area contributed by atoms with E-state index < -0.39 is 5.82 Å². The van der Waals surface area contributed by atoms with Gasteiger partial charge in [-0.25, -0.2) is 4.39 Å². The standard InChI is InChI=1S/C18H18FN3O2/c1-11-3-2-4-16-17(11)13(18(24)22-16)10-21-12-5-6-15(14(19)9-12)20-7-8-23/h2-6,9-10,20,22-24H,7-8H2,1H3. The van der Waals surface area contributed by atoms with Crippen LogP contribution in [0, 0.1) is 12.7 Å². The average molecular weight is 327 g/mol. The molecule has 1 heterocycles. The minimum absolute atomic E-state index is 0.0322. The number of aliphatic hydroxyl groups excluding tert-OH is 1. The minimum Gasteiger partial charge on any atom is -0.494 e. The number of aromatic hydroxyl groups is 1. The Hall–Kier alpha value is -2.86. The van der Waals surface area contributed by atoms with Gasteiger partial charge in [-0.3, -0.25) is 4.99 Å². The predicted octanol–water partition coefficient (Wildman–Crippen LogP) is 3.48. The Kier molecular flexibility index (Phi) is 4.48. The highest BCUT2D eigenvalue weighted by Gasteiger charge is 2.10. The highest BCUT2D eigenvalue weighted by molar-refractivity contribution is 6.04. The molecule has 0 spiro atoms. The first-order valence-corrected chi connectivity index (χ1v) is 7.58. The number of aromatic nitrogens is 1. The highest BCUT2D eigenvalue weighted by Crippen LogP contribution is 2.29. The molecule has 5 nitrogen and oxygen atoms in total. The third kappa shape index (κ3) is 3.09. The Bertz CT molecular complexity index is 903. The highest BCUT2D eigenvalue weighted by atomic mass is 19.1. The molecule has 0 saturated heterocycles. The summed E-state index contributed by atoms with van der Waals surface area (Å²) in [7, 11) is 0. The number of aromatic amines is 1. The number of H-pyrrole nitrogens is 1. The number of nitrogens with one attached hydrogen (secondary N) is 2. The van der Waals surface area contributed by atoms with Gasteiger partial charge in [-0.15, -0.1) is 0 Å². The Morgan fingerprint density at radius 3 is 2.88 bits per heavy atom. The van der Waals surface area contributed by atoms with Crippen LogP contribution >= 0.6 is 0 Å². The van der Waals surface area contributed by atoms with Gasteiger partial charge in [0.1, 0.15) is 5.82 Å². The molecule has 0 fully saturated rings. The van der Waals surface area contributed by atoms with Crippen LogP contribution in [0.2, 0.25) is 0 Å². The summed E-state index contributed by atoms with van der Waals surface area (Å²) in [6.45, 7) is 2.16. The van der Waals surface area contributed by atoms with Crippen molar-refractivity contribution in [3.05, 3.63) is 53.3 Å².